The molecule has 2 saturated heterocycles. The van der Waals surface area contributed by atoms with Gasteiger partial charge < -0.3 is 19.1 Å². The lowest BCUT2D eigenvalue weighted by atomic mass is 10.1. The molecule has 0 bridgehead atoms. The zero-order chi connectivity index (χ0) is 21.6. The van der Waals surface area contributed by atoms with Gasteiger partial charge in [0.05, 0.1) is 30.1 Å². The fourth-order valence-corrected chi connectivity index (χ4v) is 4.71. The van der Waals surface area contributed by atoms with Crippen molar-refractivity contribution in [3.05, 3.63) is 28.3 Å². The molecular weight excluding hydrogens is 416 g/mol. The Bertz CT molecular complexity index is 958. The van der Waals surface area contributed by atoms with Gasteiger partial charge in [-0.05, 0) is 33.8 Å². The van der Waals surface area contributed by atoms with Crippen molar-refractivity contribution < 1.29 is 27.8 Å². The summed E-state index contributed by atoms with van der Waals surface area (Å²) in [4.78, 5) is 13.4. The molecule has 7 nitrogen and oxygen atoms in total. The summed E-state index contributed by atoms with van der Waals surface area (Å²) in [5.74, 6) is -2.88. The van der Waals surface area contributed by atoms with Crippen molar-refractivity contribution >= 4 is 23.3 Å². The van der Waals surface area contributed by atoms with E-state index in [0.29, 0.717) is 31.0 Å². The van der Waals surface area contributed by atoms with Crippen LogP contribution in [0.3, 0.4) is 0 Å². The maximum absolute atomic E-state index is 15.1. The molecule has 1 aromatic carbocycles. The Labute approximate surface area is 176 Å². The topological polar surface area (TPSA) is 73.8 Å². The van der Waals surface area contributed by atoms with Crippen molar-refractivity contribution in [2.45, 2.75) is 51.8 Å². The molecule has 0 spiro atoms. The largest absolute Gasteiger partial charge is 0.372 e. The monoisotopic (exact) mass is 439 g/mol. The summed E-state index contributed by atoms with van der Waals surface area (Å²) in [6.45, 7) is 8.29. The molecule has 2 unspecified atom stereocenters. The van der Waals surface area contributed by atoms with Gasteiger partial charge in [-0.3, -0.25) is 4.79 Å². The maximum Gasteiger partial charge on any atom is 0.183 e. The highest BCUT2D eigenvalue weighted by atomic mass is 32.1. The number of hydrogen-bond acceptors (Lipinski definition) is 8. The van der Waals surface area contributed by atoms with Crippen LogP contribution < -0.4 is 4.90 Å². The maximum atomic E-state index is 15.1. The van der Waals surface area contributed by atoms with Gasteiger partial charge in [0.25, 0.3) is 0 Å². The van der Waals surface area contributed by atoms with E-state index in [1.165, 1.54) is 6.07 Å². The molecule has 3 heterocycles. The fraction of sp³-hybridized carbons (Fsp3) is 0.550. The number of morpholine rings is 1. The first-order valence-corrected chi connectivity index (χ1v) is 10.5. The smallest absolute Gasteiger partial charge is 0.183 e. The van der Waals surface area contributed by atoms with Gasteiger partial charge in [-0.15, -0.1) is 10.2 Å². The first-order valence-electron chi connectivity index (χ1n) is 9.71. The van der Waals surface area contributed by atoms with Gasteiger partial charge in [0.2, 0.25) is 0 Å². The third-order valence-corrected chi connectivity index (χ3v) is 6.08. The van der Waals surface area contributed by atoms with E-state index < -0.39 is 23.5 Å². The standard InChI is InChI=1S/C20H23F2N3O4S/c1-10-6-25(7-11(2)28-10)17-12(8-26)5-13(15(21)16(17)22)18-23-24-19(30-18)14-9-27-20(3,4)29-14/h5,8,10-11,14H,6-7,9H2,1-4H3/t10-,11?,14?/m0/s1. The van der Waals surface area contributed by atoms with Crippen LogP contribution in [0.25, 0.3) is 10.6 Å². The molecule has 2 aliphatic heterocycles. The molecule has 162 valence electrons. The molecule has 0 N–H and O–H groups in total. The lowest BCUT2D eigenvalue weighted by Crippen LogP contribution is -2.46. The third kappa shape index (κ3) is 3.96. The van der Waals surface area contributed by atoms with Crippen LogP contribution in [-0.4, -0.2) is 54.2 Å². The number of halogens is 2. The van der Waals surface area contributed by atoms with Crippen LogP contribution in [0, 0.1) is 11.6 Å². The summed E-state index contributed by atoms with van der Waals surface area (Å²) in [5, 5.41) is 8.73. The van der Waals surface area contributed by atoms with E-state index in [0.717, 1.165) is 11.3 Å². The van der Waals surface area contributed by atoms with Gasteiger partial charge in [0.1, 0.15) is 11.1 Å². The lowest BCUT2D eigenvalue weighted by molar-refractivity contribution is -0.139. The minimum absolute atomic E-state index is 0.0488. The molecule has 10 heteroatoms. The lowest BCUT2D eigenvalue weighted by Gasteiger charge is -2.37. The quantitative estimate of drug-likeness (QED) is 0.672. The minimum Gasteiger partial charge on any atom is -0.372 e. The van der Waals surface area contributed by atoms with Gasteiger partial charge in [0.15, 0.2) is 28.7 Å². The fourth-order valence-electron chi connectivity index (χ4n) is 3.85. The van der Waals surface area contributed by atoms with Crippen LogP contribution >= 0.6 is 11.3 Å². The van der Waals surface area contributed by atoms with Gasteiger partial charge in [0, 0.05) is 18.7 Å². The van der Waals surface area contributed by atoms with Crippen LogP contribution in [0.4, 0.5) is 14.5 Å². The number of anilines is 1. The van der Waals surface area contributed by atoms with Gasteiger partial charge >= 0.3 is 0 Å². The predicted octanol–water partition coefficient (Wildman–Crippen LogP) is 3.73. The van der Waals surface area contributed by atoms with Crippen molar-refractivity contribution in [3.8, 4) is 10.6 Å². The van der Waals surface area contributed by atoms with E-state index in [4.69, 9.17) is 14.2 Å². The molecule has 4 rings (SSSR count). The Kier molecular flexibility index (Phi) is 5.60. The van der Waals surface area contributed by atoms with E-state index in [-0.39, 0.29) is 34.0 Å². The van der Waals surface area contributed by atoms with Crippen molar-refractivity contribution in [3.63, 3.8) is 0 Å². The summed E-state index contributed by atoms with van der Waals surface area (Å²) in [6, 6.07) is 1.33. The number of carbonyl (C=O) groups excluding carboxylic acids is 1. The van der Waals surface area contributed by atoms with Crippen LogP contribution in [0.1, 0.15) is 49.2 Å². The second-order valence-corrected chi connectivity index (χ2v) is 9.04. The average Bonchev–Trinajstić information content (AvgIpc) is 3.29. The van der Waals surface area contributed by atoms with Crippen LogP contribution in [0.15, 0.2) is 6.07 Å². The van der Waals surface area contributed by atoms with Gasteiger partial charge in [-0.25, -0.2) is 8.78 Å². The van der Waals surface area contributed by atoms with Gasteiger partial charge in [-0.2, -0.15) is 0 Å². The van der Waals surface area contributed by atoms with Crippen molar-refractivity contribution in [1.29, 1.82) is 0 Å². The molecule has 30 heavy (non-hydrogen) atoms. The highest BCUT2D eigenvalue weighted by molar-refractivity contribution is 7.14. The number of nitrogens with zero attached hydrogens (tertiary/aromatic N) is 3. The highest BCUT2D eigenvalue weighted by Crippen LogP contribution is 2.39. The number of rotatable bonds is 4. The van der Waals surface area contributed by atoms with E-state index in [2.05, 4.69) is 10.2 Å². The number of benzene rings is 1. The predicted molar refractivity (Wildman–Crippen MR) is 107 cm³/mol. The zero-order valence-electron chi connectivity index (χ0n) is 17.1. The number of aldehydes is 1. The summed E-state index contributed by atoms with van der Waals surface area (Å²) in [7, 11) is 0. The molecule has 2 fully saturated rings. The highest BCUT2D eigenvalue weighted by Gasteiger charge is 2.36. The average molecular weight is 439 g/mol. The Balaban J connectivity index is 1.69. The van der Waals surface area contributed by atoms with E-state index >= 15 is 8.78 Å². The van der Waals surface area contributed by atoms with Crippen LogP contribution in [0.2, 0.25) is 0 Å². The number of aromatic nitrogens is 2. The molecule has 2 aromatic rings. The minimum atomic E-state index is -1.07. The number of ether oxygens (including phenoxy) is 3. The van der Waals surface area contributed by atoms with E-state index in [1.54, 1.807) is 18.7 Å². The summed E-state index contributed by atoms with van der Waals surface area (Å²) in [6.07, 6.45) is -0.233. The Morgan fingerprint density at radius 3 is 2.50 bits per heavy atom. The van der Waals surface area contributed by atoms with E-state index in [9.17, 15) is 4.79 Å². The zero-order valence-corrected chi connectivity index (χ0v) is 18.0. The summed E-state index contributed by atoms with van der Waals surface area (Å²) < 4.78 is 47.1. The molecule has 1 aromatic heterocycles. The normalized spacial score (nSPS) is 26.2. The molecule has 0 aliphatic carbocycles. The van der Waals surface area contributed by atoms with E-state index in [1.807, 2.05) is 13.8 Å². The molecule has 0 radical (unpaired) electrons. The summed E-state index contributed by atoms with van der Waals surface area (Å²) in [5.41, 5.74) is -0.0922. The second-order valence-electron chi connectivity index (χ2n) is 8.03. The third-order valence-electron chi connectivity index (χ3n) is 5.03. The van der Waals surface area contributed by atoms with Gasteiger partial charge in [-0.1, -0.05) is 11.3 Å². The van der Waals surface area contributed by atoms with Crippen molar-refractivity contribution in [2.24, 2.45) is 0 Å². The molecule has 2 aliphatic rings. The first kappa shape index (κ1) is 21.2. The van der Waals surface area contributed by atoms with Crippen molar-refractivity contribution in [2.75, 3.05) is 24.6 Å². The Morgan fingerprint density at radius 2 is 1.90 bits per heavy atom. The SMILES string of the molecule is CC1CN(c2c(C=O)cc(-c3nnc(C4COC(C)(C)O4)s3)c(F)c2F)C[C@H](C)O1. The molecule has 0 saturated carbocycles. The Morgan fingerprint density at radius 1 is 1.20 bits per heavy atom. The Hall–Kier alpha value is -2.01. The second kappa shape index (κ2) is 7.92. The molecular formula is C20H23F2N3O4S. The van der Waals surface area contributed by atoms with Crippen molar-refractivity contribution in [1.82, 2.24) is 10.2 Å². The molecule has 3 atom stereocenters. The number of carbonyl (C=O) groups is 1. The first-order chi connectivity index (χ1) is 14.2. The van der Waals surface area contributed by atoms with Crippen LogP contribution in [-0.2, 0) is 14.2 Å². The number of hydrogen-bond donors (Lipinski definition) is 0. The summed E-state index contributed by atoms with van der Waals surface area (Å²) >= 11 is 1.08. The molecule has 0 amide bonds. The van der Waals surface area contributed by atoms with Crippen LogP contribution in [0.5, 0.6) is 0 Å².